The first kappa shape index (κ1) is 15.0. The van der Waals surface area contributed by atoms with Crippen molar-refractivity contribution in [2.24, 2.45) is 10.9 Å². The molecule has 1 amide bonds. The maximum absolute atomic E-state index is 12.6. The van der Waals surface area contributed by atoms with Crippen molar-refractivity contribution in [2.75, 3.05) is 6.54 Å². The highest BCUT2D eigenvalue weighted by Gasteiger charge is 2.29. The zero-order chi connectivity index (χ0) is 15.4. The Hall–Kier alpha value is -2.44. The fraction of sp³-hybridized carbons (Fsp3) is 0.429. The van der Waals surface area contributed by atoms with Crippen LogP contribution in [0.5, 0.6) is 11.5 Å². The van der Waals surface area contributed by atoms with Crippen LogP contribution in [0.4, 0.5) is 0 Å². The van der Waals surface area contributed by atoms with Crippen LogP contribution in [0.25, 0.3) is 0 Å². The van der Waals surface area contributed by atoms with Crippen LogP contribution in [0.2, 0.25) is 0 Å². The van der Waals surface area contributed by atoms with Crippen molar-refractivity contribution in [3.63, 3.8) is 0 Å². The van der Waals surface area contributed by atoms with Gasteiger partial charge in [-0.05, 0) is 25.0 Å². The van der Waals surface area contributed by atoms with Crippen LogP contribution in [-0.4, -0.2) is 44.6 Å². The number of oxime groups is 1. The first-order chi connectivity index (χ1) is 10.0. The number of hydrogen-bond acceptors (Lipinski definition) is 5. The molecule has 1 fully saturated rings. The molecular formula is C14H19N3O4. The third kappa shape index (κ3) is 3.36. The minimum absolute atomic E-state index is 0.000314. The topological polar surface area (TPSA) is 119 Å². The van der Waals surface area contributed by atoms with Crippen molar-refractivity contribution < 1.29 is 20.2 Å². The lowest BCUT2D eigenvalue weighted by molar-refractivity contribution is 0.0709. The molecule has 0 radical (unpaired) electrons. The number of nitrogens with zero attached hydrogens (tertiary/aromatic N) is 2. The predicted molar refractivity (Wildman–Crippen MR) is 76.5 cm³/mol. The van der Waals surface area contributed by atoms with Gasteiger partial charge >= 0.3 is 0 Å². The molecule has 0 saturated heterocycles. The monoisotopic (exact) mass is 293 g/mol. The summed E-state index contributed by atoms with van der Waals surface area (Å²) >= 11 is 0. The second-order valence-electron chi connectivity index (χ2n) is 5.16. The Bertz CT molecular complexity index is 553. The number of amides is 1. The van der Waals surface area contributed by atoms with Gasteiger partial charge in [0.2, 0.25) is 0 Å². The lowest BCUT2D eigenvalue weighted by Crippen LogP contribution is -2.44. The van der Waals surface area contributed by atoms with Gasteiger partial charge in [-0.2, -0.15) is 0 Å². The summed E-state index contributed by atoms with van der Waals surface area (Å²) in [5.41, 5.74) is 5.61. The number of phenolic OH excluding ortho intramolecular Hbond substituents is 2. The summed E-state index contributed by atoms with van der Waals surface area (Å²) in [4.78, 5) is 14.1. The molecular weight excluding hydrogens is 274 g/mol. The van der Waals surface area contributed by atoms with Gasteiger partial charge in [0, 0.05) is 12.1 Å². The van der Waals surface area contributed by atoms with Crippen molar-refractivity contribution >= 4 is 11.7 Å². The Morgan fingerprint density at radius 3 is 2.57 bits per heavy atom. The number of carbonyl (C=O) groups excluding carboxylic acids is 1. The number of phenols is 2. The van der Waals surface area contributed by atoms with Crippen LogP contribution in [0.1, 0.15) is 36.0 Å². The number of benzene rings is 1. The van der Waals surface area contributed by atoms with E-state index in [1.807, 2.05) is 0 Å². The van der Waals surface area contributed by atoms with Gasteiger partial charge in [0.1, 0.15) is 11.5 Å². The minimum Gasteiger partial charge on any atom is -0.508 e. The normalized spacial score (nSPS) is 16.1. The van der Waals surface area contributed by atoms with E-state index in [2.05, 4.69) is 5.16 Å². The van der Waals surface area contributed by atoms with E-state index in [1.165, 1.54) is 17.0 Å². The van der Waals surface area contributed by atoms with Crippen LogP contribution in [0.3, 0.4) is 0 Å². The summed E-state index contributed by atoms with van der Waals surface area (Å²) in [5, 5.41) is 30.7. The van der Waals surface area contributed by atoms with E-state index in [9.17, 15) is 15.0 Å². The molecule has 0 atom stereocenters. The first-order valence-electron chi connectivity index (χ1n) is 6.82. The Morgan fingerprint density at radius 2 is 2.00 bits per heavy atom. The third-order valence-electron chi connectivity index (χ3n) is 3.70. The number of carbonyl (C=O) groups is 1. The summed E-state index contributed by atoms with van der Waals surface area (Å²) in [6.07, 6.45) is 3.74. The van der Waals surface area contributed by atoms with Gasteiger partial charge in [-0.15, -0.1) is 0 Å². The van der Waals surface area contributed by atoms with Gasteiger partial charge in [0.05, 0.1) is 12.1 Å². The molecule has 0 heterocycles. The zero-order valence-corrected chi connectivity index (χ0v) is 11.6. The number of aromatic hydroxyl groups is 2. The molecule has 0 spiro atoms. The zero-order valence-electron chi connectivity index (χ0n) is 11.6. The smallest absolute Gasteiger partial charge is 0.258 e. The standard InChI is InChI=1S/C14H19N3O4/c15-13(16-21)8-17(9-3-1-2-4-9)14(20)11-6-5-10(18)7-12(11)19/h5-7,9,18-19,21H,1-4,8H2,(H2,15,16). The van der Waals surface area contributed by atoms with E-state index in [0.29, 0.717) is 0 Å². The molecule has 1 saturated carbocycles. The number of rotatable bonds is 4. The van der Waals surface area contributed by atoms with Gasteiger partial charge in [0.15, 0.2) is 5.84 Å². The van der Waals surface area contributed by atoms with Gasteiger partial charge in [-0.25, -0.2) is 0 Å². The molecule has 5 N–H and O–H groups in total. The Kier molecular flexibility index (Phi) is 4.52. The molecule has 1 aromatic rings. The molecule has 1 aromatic carbocycles. The first-order valence-corrected chi connectivity index (χ1v) is 6.82. The molecule has 0 bridgehead atoms. The van der Waals surface area contributed by atoms with Crippen molar-refractivity contribution in [3.05, 3.63) is 23.8 Å². The fourth-order valence-electron chi connectivity index (χ4n) is 2.64. The average molecular weight is 293 g/mol. The molecule has 1 aliphatic rings. The van der Waals surface area contributed by atoms with E-state index < -0.39 is 5.91 Å². The Morgan fingerprint density at radius 1 is 1.33 bits per heavy atom. The highest BCUT2D eigenvalue weighted by Crippen LogP contribution is 2.28. The lowest BCUT2D eigenvalue weighted by atomic mass is 10.1. The maximum atomic E-state index is 12.6. The van der Waals surface area contributed by atoms with Crippen molar-refractivity contribution in [3.8, 4) is 11.5 Å². The van der Waals surface area contributed by atoms with Gasteiger partial charge in [0.25, 0.3) is 5.91 Å². The molecule has 0 unspecified atom stereocenters. The highest BCUT2D eigenvalue weighted by molar-refractivity contribution is 5.99. The Labute approximate surface area is 122 Å². The van der Waals surface area contributed by atoms with Crippen LogP contribution >= 0.6 is 0 Å². The SMILES string of the molecule is N/C(CN(C(=O)c1ccc(O)cc1O)C1CCCC1)=N/O. The van der Waals surface area contributed by atoms with Crippen LogP contribution in [0, 0.1) is 0 Å². The van der Waals surface area contributed by atoms with Gasteiger partial charge < -0.3 is 26.1 Å². The summed E-state index contributed by atoms with van der Waals surface area (Å²) in [7, 11) is 0. The van der Waals surface area contributed by atoms with E-state index in [1.54, 1.807) is 0 Å². The summed E-state index contributed by atoms with van der Waals surface area (Å²) in [5.74, 6) is -0.866. The van der Waals surface area contributed by atoms with Crippen molar-refractivity contribution in [1.82, 2.24) is 4.90 Å². The van der Waals surface area contributed by atoms with Crippen molar-refractivity contribution in [1.29, 1.82) is 0 Å². The predicted octanol–water partition coefficient (Wildman–Crippen LogP) is 1.23. The summed E-state index contributed by atoms with van der Waals surface area (Å²) in [6.45, 7) is 0.000314. The molecule has 21 heavy (non-hydrogen) atoms. The number of nitrogens with two attached hydrogens (primary N) is 1. The molecule has 7 nitrogen and oxygen atoms in total. The van der Waals surface area contributed by atoms with Crippen LogP contribution in [0.15, 0.2) is 23.4 Å². The van der Waals surface area contributed by atoms with E-state index in [0.717, 1.165) is 31.7 Å². The van der Waals surface area contributed by atoms with Crippen molar-refractivity contribution in [2.45, 2.75) is 31.7 Å². The van der Waals surface area contributed by atoms with Gasteiger partial charge in [-0.1, -0.05) is 18.0 Å². The van der Waals surface area contributed by atoms with E-state index >= 15 is 0 Å². The molecule has 7 heteroatoms. The van der Waals surface area contributed by atoms with Crippen LogP contribution < -0.4 is 5.73 Å². The average Bonchev–Trinajstić information content (AvgIpc) is 2.97. The Balaban J connectivity index is 2.28. The quantitative estimate of drug-likeness (QED) is 0.288. The maximum Gasteiger partial charge on any atom is 0.258 e. The summed E-state index contributed by atoms with van der Waals surface area (Å²) < 4.78 is 0. The molecule has 0 aliphatic heterocycles. The number of amidine groups is 1. The second kappa shape index (κ2) is 6.34. The third-order valence-corrected chi connectivity index (χ3v) is 3.70. The molecule has 0 aromatic heterocycles. The second-order valence-corrected chi connectivity index (χ2v) is 5.16. The van der Waals surface area contributed by atoms with E-state index in [-0.39, 0.29) is 35.5 Å². The highest BCUT2D eigenvalue weighted by atomic mass is 16.4. The minimum atomic E-state index is -0.397. The summed E-state index contributed by atoms with van der Waals surface area (Å²) in [6, 6.07) is 3.82. The molecule has 2 rings (SSSR count). The largest absolute Gasteiger partial charge is 0.508 e. The lowest BCUT2D eigenvalue weighted by Gasteiger charge is -2.28. The molecule has 114 valence electrons. The number of hydrogen-bond donors (Lipinski definition) is 4. The van der Waals surface area contributed by atoms with E-state index in [4.69, 9.17) is 10.9 Å². The van der Waals surface area contributed by atoms with Crippen LogP contribution in [-0.2, 0) is 0 Å². The molecule has 1 aliphatic carbocycles. The van der Waals surface area contributed by atoms with Gasteiger partial charge in [-0.3, -0.25) is 4.79 Å². The fourth-order valence-corrected chi connectivity index (χ4v) is 2.64.